The number of rotatable bonds is 1. The molecule has 3 heterocycles. The van der Waals surface area contributed by atoms with Gasteiger partial charge < -0.3 is 8.83 Å². The van der Waals surface area contributed by atoms with Gasteiger partial charge in [0, 0.05) is 16.3 Å². The SMILES string of the molecule is c1ccc2c(c1)oc1c(-c3ccc4nc5oc6ccccc6n5c4c3)cccc12. The Bertz CT molecular complexity index is 1720. The van der Waals surface area contributed by atoms with Gasteiger partial charge in [0.05, 0.1) is 16.6 Å². The van der Waals surface area contributed by atoms with Crippen LogP contribution in [0.3, 0.4) is 0 Å². The van der Waals surface area contributed by atoms with Gasteiger partial charge in [-0.1, -0.05) is 54.6 Å². The summed E-state index contributed by atoms with van der Waals surface area (Å²) in [6, 6.07) is 28.8. The van der Waals surface area contributed by atoms with E-state index in [2.05, 4.69) is 51.8 Å². The normalized spacial score (nSPS) is 12.1. The fourth-order valence-corrected chi connectivity index (χ4v) is 4.32. The molecule has 0 aliphatic rings. The first-order chi connectivity index (χ1) is 14.4. The first-order valence-corrected chi connectivity index (χ1v) is 9.57. The van der Waals surface area contributed by atoms with Crippen molar-refractivity contribution in [2.24, 2.45) is 0 Å². The maximum Gasteiger partial charge on any atom is 0.307 e. The Morgan fingerprint density at radius 2 is 1.48 bits per heavy atom. The molecule has 0 N–H and O–H groups in total. The number of oxazole rings is 1. The summed E-state index contributed by atoms with van der Waals surface area (Å²) in [5.74, 6) is 0.611. The van der Waals surface area contributed by atoms with Crippen LogP contribution in [-0.2, 0) is 0 Å². The Morgan fingerprint density at radius 3 is 2.45 bits per heavy atom. The van der Waals surface area contributed by atoms with E-state index in [9.17, 15) is 0 Å². The average Bonchev–Trinajstić information content (AvgIpc) is 3.42. The molecule has 3 aromatic heterocycles. The molecule has 0 unspecified atom stereocenters. The number of benzene rings is 4. The van der Waals surface area contributed by atoms with Gasteiger partial charge in [-0.3, -0.25) is 4.40 Å². The first-order valence-electron chi connectivity index (χ1n) is 9.57. The Labute approximate surface area is 164 Å². The second-order valence-corrected chi connectivity index (χ2v) is 7.28. The van der Waals surface area contributed by atoms with Crippen molar-refractivity contribution in [2.45, 2.75) is 0 Å². The molecule has 7 aromatic rings. The zero-order valence-electron chi connectivity index (χ0n) is 15.3. The van der Waals surface area contributed by atoms with Gasteiger partial charge in [-0.2, -0.15) is 4.98 Å². The van der Waals surface area contributed by atoms with Crippen LogP contribution in [0.25, 0.3) is 61.0 Å². The second-order valence-electron chi connectivity index (χ2n) is 7.28. The van der Waals surface area contributed by atoms with E-state index in [1.807, 2.05) is 42.5 Å². The summed E-state index contributed by atoms with van der Waals surface area (Å²) in [4.78, 5) is 4.66. The monoisotopic (exact) mass is 374 g/mol. The Hall–Kier alpha value is -4.05. The van der Waals surface area contributed by atoms with Gasteiger partial charge in [0.25, 0.3) is 0 Å². The highest BCUT2D eigenvalue weighted by molar-refractivity contribution is 6.09. The average molecular weight is 374 g/mol. The molecule has 0 amide bonds. The molecule has 4 aromatic carbocycles. The van der Waals surface area contributed by atoms with E-state index in [0.717, 1.165) is 55.2 Å². The van der Waals surface area contributed by atoms with Crippen LogP contribution in [0.1, 0.15) is 0 Å². The van der Waals surface area contributed by atoms with Crippen molar-refractivity contribution in [1.29, 1.82) is 0 Å². The maximum absolute atomic E-state index is 6.23. The van der Waals surface area contributed by atoms with E-state index in [0.29, 0.717) is 5.84 Å². The zero-order chi connectivity index (χ0) is 18.9. The van der Waals surface area contributed by atoms with Crippen molar-refractivity contribution < 1.29 is 8.83 Å². The minimum Gasteiger partial charge on any atom is -0.455 e. The van der Waals surface area contributed by atoms with Gasteiger partial charge in [0.2, 0.25) is 0 Å². The fourth-order valence-electron chi connectivity index (χ4n) is 4.32. The Kier molecular flexibility index (Phi) is 2.71. The first kappa shape index (κ1) is 14.9. The van der Waals surface area contributed by atoms with E-state index in [1.165, 1.54) is 0 Å². The zero-order valence-corrected chi connectivity index (χ0v) is 15.3. The van der Waals surface area contributed by atoms with Crippen LogP contribution in [0.5, 0.6) is 0 Å². The van der Waals surface area contributed by atoms with Gasteiger partial charge >= 0.3 is 5.84 Å². The number of hydrogen-bond acceptors (Lipinski definition) is 3. The highest BCUT2D eigenvalue weighted by Gasteiger charge is 2.16. The van der Waals surface area contributed by atoms with Gasteiger partial charge in [0.15, 0.2) is 5.58 Å². The van der Waals surface area contributed by atoms with Crippen LogP contribution < -0.4 is 0 Å². The van der Waals surface area contributed by atoms with Gasteiger partial charge in [-0.15, -0.1) is 0 Å². The van der Waals surface area contributed by atoms with Gasteiger partial charge in [0.1, 0.15) is 11.2 Å². The molecular formula is C25H14N2O2. The number of hydrogen-bond donors (Lipinski definition) is 0. The lowest BCUT2D eigenvalue weighted by Gasteiger charge is -2.03. The van der Waals surface area contributed by atoms with Crippen molar-refractivity contribution in [1.82, 2.24) is 9.38 Å². The van der Waals surface area contributed by atoms with Gasteiger partial charge in [-0.05, 0) is 35.9 Å². The van der Waals surface area contributed by atoms with E-state index >= 15 is 0 Å². The van der Waals surface area contributed by atoms with Crippen LogP contribution in [0.15, 0.2) is 93.8 Å². The summed E-state index contributed by atoms with van der Waals surface area (Å²) >= 11 is 0. The minimum atomic E-state index is 0.611. The molecule has 0 radical (unpaired) electrons. The third-order valence-corrected chi connectivity index (χ3v) is 5.65. The number of fused-ring (bicyclic) bond motifs is 8. The van der Waals surface area contributed by atoms with Crippen LogP contribution in [0.4, 0.5) is 0 Å². The summed E-state index contributed by atoms with van der Waals surface area (Å²) < 4.78 is 14.2. The van der Waals surface area contributed by atoms with Crippen LogP contribution in [0, 0.1) is 0 Å². The Balaban J connectivity index is 1.56. The number of nitrogens with zero attached hydrogens (tertiary/aromatic N) is 2. The molecule has 136 valence electrons. The van der Waals surface area contributed by atoms with Crippen molar-refractivity contribution in [3.8, 4) is 11.1 Å². The lowest BCUT2D eigenvalue weighted by atomic mass is 10.0. The third-order valence-electron chi connectivity index (χ3n) is 5.65. The topological polar surface area (TPSA) is 43.6 Å². The molecule has 7 rings (SSSR count). The standard InChI is InChI=1S/C25H14N2O2/c1-3-10-22-17(6-1)18-8-5-7-16(24(18)28-22)15-12-13-19-21(14-15)27-20-9-2-4-11-23(20)29-25(27)26-19/h1-14H. The van der Waals surface area contributed by atoms with Crippen LogP contribution >= 0.6 is 0 Å². The molecule has 0 aliphatic carbocycles. The van der Waals surface area contributed by atoms with E-state index in [1.54, 1.807) is 0 Å². The molecule has 4 heteroatoms. The number of imidazole rings is 1. The molecule has 29 heavy (non-hydrogen) atoms. The van der Waals surface area contributed by atoms with Crippen molar-refractivity contribution in [3.05, 3.63) is 84.9 Å². The Morgan fingerprint density at radius 1 is 0.655 bits per heavy atom. The fraction of sp³-hybridized carbons (Fsp3) is 0. The van der Waals surface area contributed by atoms with E-state index < -0.39 is 0 Å². The molecule has 0 aliphatic heterocycles. The summed E-state index contributed by atoms with van der Waals surface area (Å²) in [5.41, 5.74) is 7.77. The molecular weight excluding hydrogens is 360 g/mol. The highest BCUT2D eigenvalue weighted by Crippen LogP contribution is 2.37. The van der Waals surface area contributed by atoms with Crippen molar-refractivity contribution >= 4 is 49.9 Å². The van der Waals surface area contributed by atoms with Gasteiger partial charge in [-0.25, -0.2) is 0 Å². The number of furan rings is 1. The molecule has 0 bridgehead atoms. The molecule has 0 saturated heterocycles. The summed E-state index contributed by atoms with van der Waals surface area (Å²) in [6.07, 6.45) is 0. The predicted octanol–water partition coefficient (Wildman–Crippen LogP) is 6.80. The number of para-hydroxylation sites is 4. The highest BCUT2D eigenvalue weighted by atomic mass is 16.4. The van der Waals surface area contributed by atoms with E-state index in [-0.39, 0.29) is 0 Å². The molecule has 0 atom stereocenters. The third kappa shape index (κ3) is 1.95. The summed E-state index contributed by atoms with van der Waals surface area (Å²) in [6.45, 7) is 0. The van der Waals surface area contributed by atoms with Crippen LogP contribution in [-0.4, -0.2) is 9.38 Å². The van der Waals surface area contributed by atoms with E-state index in [4.69, 9.17) is 8.83 Å². The molecule has 0 saturated carbocycles. The summed E-state index contributed by atoms with van der Waals surface area (Å²) in [7, 11) is 0. The van der Waals surface area contributed by atoms with Crippen molar-refractivity contribution in [2.75, 3.05) is 0 Å². The van der Waals surface area contributed by atoms with Crippen LogP contribution in [0.2, 0.25) is 0 Å². The molecule has 4 nitrogen and oxygen atoms in total. The molecule has 0 spiro atoms. The number of aromatic nitrogens is 2. The minimum absolute atomic E-state index is 0.611. The summed E-state index contributed by atoms with van der Waals surface area (Å²) in [5, 5.41) is 2.27. The predicted molar refractivity (Wildman–Crippen MR) is 115 cm³/mol. The lowest BCUT2D eigenvalue weighted by molar-refractivity contribution is 0.643. The second kappa shape index (κ2) is 5.26. The maximum atomic E-state index is 6.23. The smallest absolute Gasteiger partial charge is 0.307 e. The van der Waals surface area contributed by atoms with Crippen molar-refractivity contribution in [3.63, 3.8) is 0 Å². The largest absolute Gasteiger partial charge is 0.455 e. The molecule has 0 fully saturated rings. The lowest BCUT2D eigenvalue weighted by Crippen LogP contribution is -1.83. The quantitative estimate of drug-likeness (QED) is 0.317.